The number of hydrogen-bond acceptors (Lipinski definition) is 7. The second kappa shape index (κ2) is 7.36. The van der Waals surface area contributed by atoms with Gasteiger partial charge in [-0.3, -0.25) is 10.1 Å². The van der Waals surface area contributed by atoms with Crippen molar-refractivity contribution in [3.63, 3.8) is 0 Å². The molecular formula is C19H18N4O4. The van der Waals surface area contributed by atoms with E-state index in [1.807, 2.05) is 6.92 Å². The van der Waals surface area contributed by atoms with Gasteiger partial charge in [0.25, 0.3) is 5.69 Å². The molecule has 1 unspecified atom stereocenters. The number of carbonyl (C=O) groups is 1. The molecule has 2 aromatic rings. The van der Waals surface area contributed by atoms with Gasteiger partial charge in [-0.15, -0.1) is 0 Å². The number of allylic oxidation sites excluding steroid dienone is 3. The normalized spacial score (nSPS) is 16.8. The molecule has 1 aromatic heterocycles. The smallest absolute Gasteiger partial charge is 0.336 e. The number of carbonyl (C=O) groups excluding carboxylic acids is 1. The maximum absolute atomic E-state index is 12.6. The van der Waals surface area contributed by atoms with E-state index >= 15 is 0 Å². The molecule has 27 heavy (non-hydrogen) atoms. The molecule has 1 aromatic carbocycles. The van der Waals surface area contributed by atoms with E-state index in [0.717, 1.165) is 11.3 Å². The van der Waals surface area contributed by atoms with E-state index < -0.39 is 16.8 Å². The number of nitrogens with one attached hydrogen (secondary N) is 1. The Bertz CT molecular complexity index is 967. The Labute approximate surface area is 155 Å². The van der Waals surface area contributed by atoms with Crippen LogP contribution in [0.3, 0.4) is 0 Å². The summed E-state index contributed by atoms with van der Waals surface area (Å²) < 4.78 is 4.98. The lowest BCUT2D eigenvalue weighted by Crippen LogP contribution is -2.28. The molecular weight excluding hydrogens is 348 g/mol. The third kappa shape index (κ3) is 3.41. The minimum atomic E-state index is -0.574. The summed E-state index contributed by atoms with van der Waals surface area (Å²) in [5.41, 5.74) is 3.64. The summed E-state index contributed by atoms with van der Waals surface area (Å²) in [6, 6.07) is 9.77. The van der Waals surface area contributed by atoms with Crippen LogP contribution in [0.25, 0.3) is 5.57 Å². The summed E-state index contributed by atoms with van der Waals surface area (Å²) in [7, 11) is 1.31. The van der Waals surface area contributed by atoms with Gasteiger partial charge in [-0.2, -0.15) is 10.2 Å². The minimum Gasteiger partial charge on any atom is -0.466 e. The SMILES string of the molecule is COC(=O)C1=C(C)NC(C)=C(c2cccnn2)C1c1cccc([N+](=O)[O-])c1. The molecule has 0 bridgehead atoms. The van der Waals surface area contributed by atoms with Crippen LogP contribution in [0.2, 0.25) is 0 Å². The number of nitro benzene ring substituents is 1. The van der Waals surface area contributed by atoms with Gasteiger partial charge in [0.2, 0.25) is 0 Å². The monoisotopic (exact) mass is 366 g/mol. The first-order valence-corrected chi connectivity index (χ1v) is 8.23. The van der Waals surface area contributed by atoms with E-state index in [4.69, 9.17) is 4.74 Å². The number of esters is 1. The zero-order valence-electron chi connectivity index (χ0n) is 15.1. The van der Waals surface area contributed by atoms with Crippen molar-refractivity contribution >= 4 is 17.2 Å². The van der Waals surface area contributed by atoms with Gasteiger partial charge >= 0.3 is 5.97 Å². The molecule has 8 nitrogen and oxygen atoms in total. The van der Waals surface area contributed by atoms with E-state index in [1.165, 1.54) is 19.2 Å². The first-order valence-electron chi connectivity index (χ1n) is 8.23. The van der Waals surface area contributed by atoms with Gasteiger partial charge in [0.15, 0.2) is 0 Å². The van der Waals surface area contributed by atoms with Crippen LogP contribution in [0.1, 0.15) is 31.0 Å². The Morgan fingerprint density at radius 2 is 2.00 bits per heavy atom. The van der Waals surface area contributed by atoms with Crippen LogP contribution in [0, 0.1) is 10.1 Å². The molecule has 1 aliphatic heterocycles. The first kappa shape index (κ1) is 18.2. The molecule has 0 spiro atoms. The average molecular weight is 366 g/mol. The van der Waals surface area contributed by atoms with Crippen LogP contribution in [0.4, 0.5) is 5.69 Å². The first-order chi connectivity index (χ1) is 12.9. The van der Waals surface area contributed by atoms with Crippen LogP contribution >= 0.6 is 0 Å². The number of dihydropyridines is 1. The highest BCUT2D eigenvalue weighted by Gasteiger charge is 2.35. The predicted molar refractivity (Wildman–Crippen MR) is 98.3 cm³/mol. The molecule has 0 saturated carbocycles. The topological polar surface area (TPSA) is 107 Å². The van der Waals surface area contributed by atoms with Gasteiger partial charge in [-0.1, -0.05) is 12.1 Å². The maximum atomic E-state index is 12.6. The molecule has 1 atom stereocenters. The number of rotatable bonds is 4. The molecule has 0 fully saturated rings. The molecule has 2 heterocycles. The fourth-order valence-electron chi connectivity index (χ4n) is 3.31. The van der Waals surface area contributed by atoms with Crippen LogP contribution in [0.5, 0.6) is 0 Å². The number of ether oxygens (including phenoxy) is 1. The van der Waals surface area contributed by atoms with Crippen molar-refractivity contribution < 1.29 is 14.5 Å². The van der Waals surface area contributed by atoms with Crippen LogP contribution < -0.4 is 5.32 Å². The molecule has 0 aliphatic carbocycles. The van der Waals surface area contributed by atoms with Gasteiger partial charge in [0, 0.05) is 41.2 Å². The maximum Gasteiger partial charge on any atom is 0.336 e. The predicted octanol–water partition coefficient (Wildman–Crippen LogP) is 2.95. The molecule has 1 aliphatic rings. The lowest BCUT2D eigenvalue weighted by atomic mass is 9.79. The Kier molecular flexibility index (Phi) is 4.98. The molecule has 1 N–H and O–H groups in total. The molecule has 0 amide bonds. The second-order valence-corrected chi connectivity index (χ2v) is 6.09. The van der Waals surface area contributed by atoms with E-state index in [0.29, 0.717) is 22.5 Å². The highest BCUT2D eigenvalue weighted by atomic mass is 16.6. The zero-order valence-corrected chi connectivity index (χ0v) is 15.1. The lowest BCUT2D eigenvalue weighted by Gasteiger charge is -2.31. The van der Waals surface area contributed by atoms with Gasteiger partial charge in [-0.05, 0) is 31.5 Å². The Morgan fingerprint density at radius 3 is 2.63 bits per heavy atom. The summed E-state index contributed by atoms with van der Waals surface area (Å²) in [5.74, 6) is -1.08. The van der Waals surface area contributed by atoms with Crippen molar-refractivity contribution in [2.75, 3.05) is 7.11 Å². The van der Waals surface area contributed by atoms with Crippen LogP contribution in [-0.4, -0.2) is 28.2 Å². The van der Waals surface area contributed by atoms with Crippen molar-refractivity contribution in [2.45, 2.75) is 19.8 Å². The van der Waals surface area contributed by atoms with Crippen molar-refractivity contribution in [3.8, 4) is 0 Å². The Morgan fingerprint density at radius 1 is 1.22 bits per heavy atom. The number of aromatic nitrogens is 2. The molecule has 3 rings (SSSR count). The lowest BCUT2D eigenvalue weighted by molar-refractivity contribution is -0.384. The molecule has 0 saturated heterocycles. The number of methoxy groups -OCH3 is 1. The average Bonchev–Trinajstić information content (AvgIpc) is 2.67. The number of non-ortho nitro benzene ring substituents is 1. The van der Waals surface area contributed by atoms with Crippen molar-refractivity contribution in [1.29, 1.82) is 0 Å². The second-order valence-electron chi connectivity index (χ2n) is 6.09. The van der Waals surface area contributed by atoms with E-state index in [9.17, 15) is 14.9 Å². The number of nitro groups is 1. The van der Waals surface area contributed by atoms with Crippen molar-refractivity contribution in [3.05, 3.63) is 80.9 Å². The largest absolute Gasteiger partial charge is 0.466 e. The van der Waals surface area contributed by atoms with Gasteiger partial charge < -0.3 is 10.1 Å². The summed E-state index contributed by atoms with van der Waals surface area (Å²) >= 11 is 0. The summed E-state index contributed by atoms with van der Waals surface area (Å²) in [6.45, 7) is 3.64. The van der Waals surface area contributed by atoms with E-state index in [2.05, 4.69) is 15.5 Å². The summed E-state index contributed by atoms with van der Waals surface area (Å²) in [4.78, 5) is 23.3. The highest BCUT2D eigenvalue weighted by Crippen LogP contribution is 2.43. The van der Waals surface area contributed by atoms with Crippen LogP contribution in [-0.2, 0) is 9.53 Å². The number of nitrogens with zero attached hydrogens (tertiary/aromatic N) is 3. The number of hydrogen-bond donors (Lipinski definition) is 1. The fraction of sp³-hybridized carbons (Fsp3) is 0.211. The van der Waals surface area contributed by atoms with E-state index in [-0.39, 0.29) is 5.69 Å². The summed E-state index contributed by atoms with van der Waals surface area (Å²) in [5, 5.41) is 22.5. The van der Waals surface area contributed by atoms with E-state index in [1.54, 1.807) is 37.4 Å². The third-order valence-corrected chi connectivity index (χ3v) is 4.43. The van der Waals surface area contributed by atoms with Gasteiger partial charge in [-0.25, -0.2) is 4.79 Å². The summed E-state index contributed by atoms with van der Waals surface area (Å²) in [6.07, 6.45) is 1.56. The van der Waals surface area contributed by atoms with Gasteiger partial charge in [0.05, 0.1) is 23.3 Å². The zero-order chi connectivity index (χ0) is 19.6. The quantitative estimate of drug-likeness (QED) is 0.503. The Hall–Kier alpha value is -3.55. The molecule has 138 valence electrons. The molecule has 8 heteroatoms. The van der Waals surface area contributed by atoms with Crippen molar-refractivity contribution in [1.82, 2.24) is 15.5 Å². The standard InChI is InChI=1S/C19H18N4O4/c1-11-16(15-8-5-9-20-22-15)18(17(12(2)21-11)19(24)27-3)13-6-4-7-14(10-13)23(25)26/h4-10,18,21H,1-3H3. The Balaban J connectivity index is 2.26. The fourth-order valence-corrected chi connectivity index (χ4v) is 3.31. The minimum absolute atomic E-state index is 0.0518. The van der Waals surface area contributed by atoms with Gasteiger partial charge in [0.1, 0.15) is 0 Å². The van der Waals surface area contributed by atoms with Crippen molar-refractivity contribution in [2.24, 2.45) is 0 Å². The molecule has 0 radical (unpaired) electrons. The highest BCUT2D eigenvalue weighted by molar-refractivity contribution is 5.97. The van der Waals surface area contributed by atoms with Crippen LogP contribution in [0.15, 0.2) is 59.6 Å². The number of benzene rings is 1. The third-order valence-electron chi connectivity index (χ3n) is 4.43.